The highest BCUT2D eigenvalue weighted by molar-refractivity contribution is 7.89. The SMILES string of the molecule is COc1cc(S(=O)(=O)N2CCOCC2)cc(C(=O)NCCN2CC(C)OC(C)C2)c1OC. The van der Waals surface area contributed by atoms with Crippen LogP contribution in [0.25, 0.3) is 0 Å². The number of nitrogens with zero attached hydrogens (tertiary/aromatic N) is 2. The molecule has 0 aromatic heterocycles. The van der Waals surface area contributed by atoms with E-state index in [0.717, 1.165) is 13.1 Å². The van der Waals surface area contributed by atoms with E-state index in [4.69, 9.17) is 18.9 Å². The maximum Gasteiger partial charge on any atom is 0.255 e. The van der Waals surface area contributed by atoms with Crippen LogP contribution >= 0.6 is 0 Å². The van der Waals surface area contributed by atoms with Gasteiger partial charge in [-0.3, -0.25) is 9.69 Å². The maximum absolute atomic E-state index is 13.1. The van der Waals surface area contributed by atoms with Gasteiger partial charge in [-0.15, -0.1) is 0 Å². The fourth-order valence-electron chi connectivity index (χ4n) is 4.08. The number of carbonyl (C=O) groups is 1. The molecule has 0 spiro atoms. The first kappa shape index (κ1) is 24.7. The molecule has 2 aliphatic heterocycles. The van der Waals surface area contributed by atoms with Crippen LogP contribution in [-0.4, -0.2) is 102 Å². The third kappa shape index (κ3) is 5.70. The van der Waals surface area contributed by atoms with Crippen molar-refractivity contribution < 1.29 is 32.2 Å². The molecule has 2 atom stereocenters. The summed E-state index contributed by atoms with van der Waals surface area (Å²) in [6.45, 7) is 7.90. The average Bonchev–Trinajstić information content (AvgIpc) is 2.77. The van der Waals surface area contributed by atoms with Crippen LogP contribution in [-0.2, 0) is 19.5 Å². The number of hydrogen-bond acceptors (Lipinski definition) is 8. The quantitative estimate of drug-likeness (QED) is 0.586. The second-order valence-corrected chi connectivity index (χ2v) is 9.93. The lowest BCUT2D eigenvalue weighted by atomic mass is 10.1. The summed E-state index contributed by atoms with van der Waals surface area (Å²) in [5, 5.41) is 2.87. The Morgan fingerprint density at radius 3 is 2.38 bits per heavy atom. The number of rotatable bonds is 8. The van der Waals surface area contributed by atoms with Gasteiger partial charge in [-0.25, -0.2) is 8.42 Å². The zero-order valence-corrected chi connectivity index (χ0v) is 19.9. The van der Waals surface area contributed by atoms with Crippen molar-refractivity contribution in [3.8, 4) is 11.5 Å². The van der Waals surface area contributed by atoms with Gasteiger partial charge in [-0.1, -0.05) is 0 Å². The minimum absolute atomic E-state index is 0.0157. The Morgan fingerprint density at radius 2 is 1.78 bits per heavy atom. The number of morpholine rings is 2. The molecular weight excluding hydrogens is 438 g/mol. The van der Waals surface area contributed by atoms with Gasteiger partial charge in [0.1, 0.15) is 0 Å². The molecule has 1 amide bonds. The molecule has 0 radical (unpaired) electrons. The minimum atomic E-state index is -3.81. The van der Waals surface area contributed by atoms with E-state index in [1.54, 1.807) is 0 Å². The monoisotopic (exact) mass is 471 g/mol. The molecule has 1 N–H and O–H groups in total. The van der Waals surface area contributed by atoms with Crippen LogP contribution in [0, 0.1) is 0 Å². The second-order valence-electron chi connectivity index (χ2n) is 8.00. The standard InChI is InChI=1S/C21H33N3O7S/c1-15-13-23(14-16(2)31-15)6-5-22-21(25)18-11-17(12-19(28-3)20(18)29-4)32(26,27)24-7-9-30-10-8-24/h11-12,15-16H,5-10,13-14H2,1-4H3,(H,22,25). The molecule has 1 aromatic carbocycles. The molecule has 2 aliphatic rings. The first-order chi connectivity index (χ1) is 15.3. The molecule has 1 aromatic rings. The Bertz CT molecular complexity index is 893. The summed E-state index contributed by atoms with van der Waals surface area (Å²) in [6.07, 6.45) is 0.279. The van der Waals surface area contributed by atoms with Crippen LogP contribution in [0.15, 0.2) is 17.0 Å². The Hall–Kier alpha value is -1.92. The molecule has 0 bridgehead atoms. The number of nitrogens with one attached hydrogen (secondary N) is 1. The van der Waals surface area contributed by atoms with E-state index in [9.17, 15) is 13.2 Å². The summed E-state index contributed by atoms with van der Waals surface area (Å²) >= 11 is 0. The van der Waals surface area contributed by atoms with Crippen LogP contribution < -0.4 is 14.8 Å². The molecule has 2 fully saturated rings. The molecule has 10 nitrogen and oxygen atoms in total. The van der Waals surface area contributed by atoms with Gasteiger partial charge in [-0.05, 0) is 19.9 Å². The maximum atomic E-state index is 13.1. The van der Waals surface area contributed by atoms with Gasteiger partial charge in [0.25, 0.3) is 5.91 Å². The Labute approximate surface area is 189 Å². The number of methoxy groups -OCH3 is 2. The molecule has 180 valence electrons. The molecule has 11 heteroatoms. The van der Waals surface area contributed by atoms with E-state index in [1.165, 1.54) is 30.7 Å². The van der Waals surface area contributed by atoms with Gasteiger partial charge in [0.15, 0.2) is 11.5 Å². The largest absolute Gasteiger partial charge is 0.493 e. The summed E-state index contributed by atoms with van der Waals surface area (Å²) in [7, 11) is -0.984. The Kier molecular flexibility index (Phi) is 8.34. The van der Waals surface area contributed by atoms with E-state index >= 15 is 0 Å². The highest BCUT2D eigenvalue weighted by Crippen LogP contribution is 2.35. The number of sulfonamides is 1. The topological polar surface area (TPSA) is 107 Å². The smallest absolute Gasteiger partial charge is 0.255 e. The summed E-state index contributed by atoms with van der Waals surface area (Å²) in [5.41, 5.74) is 0.113. The predicted octanol–water partition coefficient (Wildman–Crippen LogP) is 0.564. The summed E-state index contributed by atoms with van der Waals surface area (Å²) in [6, 6.07) is 2.73. The van der Waals surface area contributed by atoms with E-state index in [0.29, 0.717) is 26.3 Å². The first-order valence-electron chi connectivity index (χ1n) is 10.8. The van der Waals surface area contributed by atoms with Crippen molar-refractivity contribution in [1.29, 1.82) is 0 Å². The second kappa shape index (κ2) is 10.8. The fourth-order valence-corrected chi connectivity index (χ4v) is 5.53. The van der Waals surface area contributed by atoms with Crippen molar-refractivity contribution in [2.24, 2.45) is 0 Å². The Morgan fingerprint density at radius 1 is 1.12 bits per heavy atom. The number of amides is 1. The van der Waals surface area contributed by atoms with Crippen molar-refractivity contribution in [2.45, 2.75) is 31.0 Å². The van der Waals surface area contributed by atoms with Gasteiger partial charge in [0.05, 0.1) is 50.1 Å². The molecular formula is C21H33N3O7S. The highest BCUT2D eigenvalue weighted by atomic mass is 32.2. The van der Waals surface area contributed by atoms with Crippen molar-refractivity contribution in [3.05, 3.63) is 17.7 Å². The number of carbonyl (C=O) groups excluding carboxylic acids is 1. The first-order valence-corrected chi connectivity index (χ1v) is 12.2. The predicted molar refractivity (Wildman–Crippen MR) is 118 cm³/mol. The van der Waals surface area contributed by atoms with Crippen molar-refractivity contribution >= 4 is 15.9 Å². The van der Waals surface area contributed by atoms with Crippen molar-refractivity contribution in [2.75, 3.05) is 66.7 Å². The molecule has 2 unspecified atom stereocenters. The Balaban J connectivity index is 1.78. The minimum Gasteiger partial charge on any atom is -0.493 e. The van der Waals surface area contributed by atoms with Crippen molar-refractivity contribution in [3.63, 3.8) is 0 Å². The highest BCUT2D eigenvalue weighted by Gasteiger charge is 2.30. The van der Waals surface area contributed by atoms with E-state index in [-0.39, 0.29) is 47.3 Å². The van der Waals surface area contributed by atoms with Crippen LogP contribution in [0.3, 0.4) is 0 Å². The third-order valence-corrected chi connectivity index (χ3v) is 7.39. The normalized spacial score (nSPS) is 23.0. The van der Waals surface area contributed by atoms with E-state index in [1.807, 2.05) is 13.8 Å². The van der Waals surface area contributed by atoms with Crippen LogP contribution in [0.4, 0.5) is 0 Å². The number of ether oxygens (including phenoxy) is 4. The zero-order chi connectivity index (χ0) is 23.3. The lowest BCUT2D eigenvalue weighted by Crippen LogP contribution is -2.47. The summed E-state index contributed by atoms with van der Waals surface area (Å²) in [5.74, 6) is -0.0455. The van der Waals surface area contributed by atoms with E-state index < -0.39 is 15.9 Å². The molecule has 32 heavy (non-hydrogen) atoms. The molecule has 0 aliphatic carbocycles. The lowest BCUT2D eigenvalue weighted by Gasteiger charge is -2.35. The van der Waals surface area contributed by atoms with Gasteiger partial charge in [0, 0.05) is 45.3 Å². The summed E-state index contributed by atoms with van der Waals surface area (Å²) in [4.78, 5) is 15.2. The van der Waals surface area contributed by atoms with Gasteiger partial charge >= 0.3 is 0 Å². The zero-order valence-electron chi connectivity index (χ0n) is 19.1. The van der Waals surface area contributed by atoms with Crippen LogP contribution in [0.2, 0.25) is 0 Å². The van der Waals surface area contributed by atoms with E-state index in [2.05, 4.69) is 10.2 Å². The molecule has 2 saturated heterocycles. The molecule has 2 heterocycles. The fraction of sp³-hybridized carbons (Fsp3) is 0.667. The third-order valence-electron chi connectivity index (χ3n) is 5.51. The van der Waals surface area contributed by atoms with Crippen molar-refractivity contribution in [1.82, 2.24) is 14.5 Å². The number of benzene rings is 1. The van der Waals surface area contributed by atoms with Crippen LogP contribution in [0.1, 0.15) is 24.2 Å². The number of hydrogen-bond donors (Lipinski definition) is 1. The average molecular weight is 472 g/mol. The molecule has 3 rings (SSSR count). The van der Waals surface area contributed by atoms with Gasteiger partial charge < -0.3 is 24.3 Å². The van der Waals surface area contributed by atoms with Crippen LogP contribution in [0.5, 0.6) is 11.5 Å². The molecule has 0 saturated carbocycles. The summed E-state index contributed by atoms with van der Waals surface area (Å²) < 4.78 is 49.3. The lowest BCUT2D eigenvalue weighted by molar-refractivity contribution is -0.0672. The van der Waals surface area contributed by atoms with Gasteiger partial charge in [0.2, 0.25) is 10.0 Å². The van der Waals surface area contributed by atoms with Gasteiger partial charge in [-0.2, -0.15) is 4.31 Å².